The van der Waals surface area contributed by atoms with Crippen molar-refractivity contribution in [1.82, 2.24) is 5.32 Å². The van der Waals surface area contributed by atoms with Crippen LogP contribution in [0.3, 0.4) is 0 Å². The largest absolute Gasteiger partial charge is 0.477 e. The van der Waals surface area contributed by atoms with Gasteiger partial charge in [-0.05, 0) is 0 Å². The predicted octanol–water partition coefficient (Wildman–Crippen LogP) is -1.46. The molecule has 0 heterocycles. The van der Waals surface area contributed by atoms with Gasteiger partial charge in [0.2, 0.25) is 0 Å². The molecule has 0 aliphatic rings. The van der Waals surface area contributed by atoms with E-state index in [2.05, 4.69) is 5.73 Å². The number of carboxylic acid groups (broad SMARTS) is 1. The molecule has 0 aliphatic carbocycles. The summed E-state index contributed by atoms with van der Waals surface area (Å²) in [6.45, 7) is 0. The monoisotopic (exact) mass is 145 g/mol. The van der Waals surface area contributed by atoms with Gasteiger partial charge in [0.05, 0.1) is 0 Å². The summed E-state index contributed by atoms with van der Waals surface area (Å²) in [6.07, 6.45) is 0.810. The van der Waals surface area contributed by atoms with E-state index in [1.54, 1.807) is 0 Å². The molecule has 0 spiro atoms. The van der Waals surface area contributed by atoms with Crippen LogP contribution in [0.4, 0.5) is 4.79 Å². The smallest absolute Gasteiger partial charge is 0.353 e. The number of carboxylic acids is 1. The van der Waals surface area contributed by atoms with Crippen LogP contribution in [-0.4, -0.2) is 17.1 Å². The third-order valence-corrected chi connectivity index (χ3v) is 0.617. The lowest BCUT2D eigenvalue weighted by Crippen LogP contribution is -2.26. The highest BCUT2D eigenvalue weighted by Gasteiger charge is 1.99. The standard InChI is InChI=1S/C4H7N3O3/c5-2(3(8)9)1-7-4(6)10/h1H,5H2,(H,8,9)(H3,6,7,10)/b2-1+. The second kappa shape index (κ2) is 3.33. The van der Waals surface area contributed by atoms with Crippen molar-refractivity contribution in [2.24, 2.45) is 11.5 Å². The molecule has 0 aromatic carbocycles. The van der Waals surface area contributed by atoms with E-state index in [1.165, 1.54) is 0 Å². The van der Waals surface area contributed by atoms with Gasteiger partial charge in [0.15, 0.2) is 0 Å². The Morgan fingerprint density at radius 2 is 1.90 bits per heavy atom. The van der Waals surface area contributed by atoms with Crippen LogP contribution in [0.1, 0.15) is 0 Å². The summed E-state index contributed by atoms with van der Waals surface area (Å²) in [5.74, 6) is -1.31. The Morgan fingerprint density at radius 3 is 2.20 bits per heavy atom. The molecule has 0 bridgehead atoms. The summed E-state index contributed by atoms with van der Waals surface area (Å²) in [4.78, 5) is 19.9. The lowest BCUT2D eigenvalue weighted by molar-refractivity contribution is -0.132. The van der Waals surface area contributed by atoms with E-state index in [0.717, 1.165) is 6.20 Å². The van der Waals surface area contributed by atoms with Gasteiger partial charge in [-0.2, -0.15) is 0 Å². The van der Waals surface area contributed by atoms with Gasteiger partial charge < -0.3 is 21.9 Å². The zero-order chi connectivity index (χ0) is 8.15. The molecule has 0 atom stereocenters. The van der Waals surface area contributed by atoms with E-state index in [0.29, 0.717) is 0 Å². The van der Waals surface area contributed by atoms with Crippen LogP contribution < -0.4 is 16.8 Å². The fourth-order valence-corrected chi connectivity index (χ4v) is 0.211. The van der Waals surface area contributed by atoms with Crippen molar-refractivity contribution >= 4 is 12.0 Å². The Bertz CT molecular complexity index is 186. The number of hydrogen-bond acceptors (Lipinski definition) is 3. The molecule has 0 fully saturated rings. The van der Waals surface area contributed by atoms with Crippen molar-refractivity contribution in [2.45, 2.75) is 0 Å². The van der Waals surface area contributed by atoms with E-state index in [1.807, 2.05) is 5.32 Å². The first-order valence-corrected chi connectivity index (χ1v) is 2.29. The molecule has 6 heteroatoms. The lowest BCUT2D eigenvalue weighted by atomic mass is 10.5. The third-order valence-electron chi connectivity index (χ3n) is 0.617. The number of aliphatic carboxylic acids is 1. The highest BCUT2D eigenvalue weighted by Crippen LogP contribution is 1.77. The van der Waals surface area contributed by atoms with E-state index < -0.39 is 17.7 Å². The first-order valence-electron chi connectivity index (χ1n) is 2.29. The van der Waals surface area contributed by atoms with Crippen molar-refractivity contribution < 1.29 is 14.7 Å². The number of urea groups is 1. The summed E-state index contributed by atoms with van der Waals surface area (Å²) >= 11 is 0. The summed E-state index contributed by atoms with van der Waals surface area (Å²) in [5, 5.41) is 10.0. The second-order valence-electron chi connectivity index (χ2n) is 1.41. The molecule has 0 radical (unpaired) electrons. The zero-order valence-corrected chi connectivity index (χ0v) is 5.00. The van der Waals surface area contributed by atoms with Crippen LogP contribution in [0, 0.1) is 0 Å². The topological polar surface area (TPSA) is 118 Å². The molecule has 10 heavy (non-hydrogen) atoms. The van der Waals surface area contributed by atoms with E-state index >= 15 is 0 Å². The lowest BCUT2D eigenvalue weighted by Gasteiger charge is -1.93. The third kappa shape index (κ3) is 3.30. The predicted molar refractivity (Wildman–Crippen MR) is 32.6 cm³/mol. The summed E-state index contributed by atoms with van der Waals surface area (Å²) < 4.78 is 0. The number of rotatable bonds is 2. The van der Waals surface area contributed by atoms with Gasteiger partial charge in [0, 0.05) is 6.20 Å². The van der Waals surface area contributed by atoms with Gasteiger partial charge in [-0.25, -0.2) is 9.59 Å². The minimum atomic E-state index is -1.31. The molecule has 0 rings (SSSR count). The Kier molecular flexibility index (Phi) is 2.76. The summed E-state index contributed by atoms with van der Waals surface area (Å²) in [5.41, 5.74) is 8.98. The number of hydrogen-bond donors (Lipinski definition) is 4. The van der Waals surface area contributed by atoms with Gasteiger partial charge in [-0.3, -0.25) is 0 Å². The van der Waals surface area contributed by atoms with E-state index in [-0.39, 0.29) is 0 Å². The normalized spacial score (nSPS) is 10.6. The van der Waals surface area contributed by atoms with Crippen LogP contribution >= 0.6 is 0 Å². The molecule has 6 nitrogen and oxygen atoms in total. The molecular weight excluding hydrogens is 138 g/mol. The molecule has 0 aliphatic heterocycles. The van der Waals surface area contributed by atoms with Gasteiger partial charge in [0.1, 0.15) is 5.70 Å². The first kappa shape index (κ1) is 8.28. The zero-order valence-electron chi connectivity index (χ0n) is 5.00. The quantitative estimate of drug-likeness (QED) is 0.355. The fraction of sp³-hybridized carbons (Fsp3) is 0. The van der Waals surface area contributed by atoms with E-state index in [4.69, 9.17) is 10.8 Å². The maximum atomic E-state index is 9.94. The van der Waals surface area contributed by atoms with Crippen molar-refractivity contribution in [3.8, 4) is 0 Å². The Labute approximate surface area is 56.5 Å². The molecule has 0 saturated heterocycles. The molecule has 56 valence electrons. The molecule has 6 N–H and O–H groups in total. The summed E-state index contributed by atoms with van der Waals surface area (Å²) in [7, 11) is 0. The summed E-state index contributed by atoms with van der Waals surface area (Å²) in [6, 6.07) is -0.857. The van der Waals surface area contributed by atoms with Crippen LogP contribution in [0.5, 0.6) is 0 Å². The first-order chi connectivity index (χ1) is 4.54. The number of carbonyl (C=O) groups is 2. The van der Waals surface area contributed by atoms with Crippen molar-refractivity contribution in [3.63, 3.8) is 0 Å². The fourth-order valence-electron chi connectivity index (χ4n) is 0.211. The molecule has 0 unspecified atom stereocenters. The average molecular weight is 145 g/mol. The SMILES string of the molecule is NC(=O)N/C=C(/N)C(=O)O. The van der Waals surface area contributed by atoms with Gasteiger partial charge >= 0.3 is 12.0 Å². The van der Waals surface area contributed by atoms with Crippen LogP contribution in [0.25, 0.3) is 0 Å². The van der Waals surface area contributed by atoms with Crippen molar-refractivity contribution in [2.75, 3.05) is 0 Å². The second-order valence-corrected chi connectivity index (χ2v) is 1.41. The van der Waals surface area contributed by atoms with Gasteiger partial charge in [0.25, 0.3) is 0 Å². The number of amides is 2. The Morgan fingerprint density at radius 1 is 1.40 bits per heavy atom. The highest BCUT2D eigenvalue weighted by molar-refractivity contribution is 5.86. The molecular formula is C4H7N3O3. The average Bonchev–Trinajstić information content (AvgIpc) is 1.82. The highest BCUT2D eigenvalue weighted by atomic mass is 16.4. The minimum Gasteiger partial charge on any atom is -0.477 e. The van der Waals surface area contributed by atoms with Crippen LogP contribution in [-0.2, 0) is 4.79 Å². The molecule has 0 aromatic rings. The molecule has 0 saturated carbocycles. The minimum absolute atomic E-state index is 0.473. The molecule has 2 amide bonds. The Hall–Kier alpha value is -1.72. The Balaban J connectivity index is 3.92. The molecule has 0 aromatic heterocycles. The van der Waals surface area contributed by atoms with Crippen LogP contribution in [0.2, 0.25) is 0 Å². The number of primary amides is 1. The van der Waals surface area contributed by atoms with Crippen molar-refractivity contribution in [3.05, 3.63) is 11.9 Å². The maximum absolute atomic E-state index is 9.94. The number of nitrogens with one attached hydrogen (secondary N) is 1. The number of carbonyl (C=O) groups excluding carboxylic acids is 1. The maximum Gasteiger partial charge on any atom is 0.353 e. The number of nitrogens with two attached hydrogens (primary N) is 2. The van der Waals surface area contributed by atoms with E-state index in [9.17, 15) is 9.59 Å². The van der Waals surface area contributed by atoms with Gasteiger partial charge in [-0.15, -0.1) is 0 Å². The van der Waals surface area contributed by atoms with Crippen LogP contribution in [0.15, 0.2) is 11.9 Å². The van der Waals surface area contributed by atoms with Crippen molar-refractivity contribution in [1.29, 1.82) is 0 Å². The van der Waals surface area contributed by atoms with Gasteiger partial charge in [-0.1, -0.05) is 0 Å².